The number of aromatic amines is 1. The van der Waals surface area contributed by atoms with Crippen LogP contribution in [0.1, 0.15) is 0 Å². The Hall–Kier alpha value is -0.950. The Morgan fingerprint density at radius 2 is 2.58 bits per heavy atom. The normalized spacial score (nSPS) is 17.5. The van der Waals surface area contributed by atoms with Gasteiger partial charge in [0.1, 0.15) is 6.33 Å². The van der Waals surface area contributed by atoms with E-state index in [1.54, 1.807) is 0 Å². The highest BCUT2D eigenvalue weighted by atomic mass is 32.2. The van der Waals surface area contributed by atoms with Crippen LogP contribution in [0.25, 0.3) is 0 Å². The Bertz CT molecular complexity index is 306. The number of anilines is 1. The van der Waals surface area contributed by atoms with Crippen molar-refractivity contribution < 1.29 is 4.79 Å². The van der Waals surface area contributed by atoms with Crippen LogP contribution in [0.5, 0.6) is 0 Å². The summed E-state index contributed by atoms with van der Waals surface area (Å²) in [5, 5.41) is 6.22. The third-order valence-electron chi connectivity index (χ3n) is 1.37. The van der Waals surface area contributed by atoms with Crippen LogP contribution < -0.4 is 4.90 Å². The summed E-state index contributed by atoms with van der Waals surface area (Å²) in [4.78, 5) is 16.4. The monoisotopic (exact) mass is 200 g/mol. The topological polar surface area (TPSA) is 61.9 Å². The third kappa shape index (κ3) is 1.10. The average molecular weight is 200 g/mol. The second-order valence-corrected chi connectivity index (χ2v) is 3.70. The smallest absolute Gasteiger partial charge is 0.245 e. The molecule has 12 heavy (non-hydrogen) atoms. The number of rotatable bonds is 1. The summed E-state index contributed by atoms with van der Waals surface area (Å²) in [5.74, 6) is 0.733. The van der Waals surface area contributed by atoms with Crippen LogP contribution in [-0.4, -0.2) is 31.2 Å². The first-order valence-corrected chi connectivity index (χ1v) is 4.53. The lowest BCUT2D eigenvalue weighted by atomic mass is 10.6. The molecule has 1 fully saturated rings. The Morgan fingerprint density at radius 3 is 3.08 bits per heavy atom. The molecule has 1 N–H and O–H groups in total. The second-order valence-electron chi connectivity index (χ2n) is 2.09. The summed E-state index contributed by atoms with van der Waals surface area (Å²) in [6, 6.07) is 0. The summed E-state index contributed by atoms with van der Waals surface area (Å²) in [5.41, 5.74) is 0. The zero-order valence-electron chi connectivity index (χ0n) is 5.85. The van der Waals surface area contributed by atoms with Gasteiger partial charge in [0, 0.05) is 0 Å². The summed E-state index contributed by atoms with van der Waals surface area (Å²) in [6.45, 7) is 0. The van der Waals surface area contributed by atoms with E-state index in [9.17, 15) is 4.79 Å². The largest absolute Gasteiger partial charge is 0.273 e. The number of H-pyrrole nitrogens is 1. The van der Waals surface area contributed by atoms with Gasteiger partial charge in [-0.15, -0.1) is 0 Å². The van der Waals surface area contributed by atoms with Gasteiger partial charge in [-0.05, 0) is 0 Å². The van der Waals surface area contributed by atoms with Gasteiger partial charge in [-0.25, -0.2) is 10.00 Å². The number of nitrogens with one attached hydrogen (secondary N) is 1. The van der Waals surface area contributed by atoms with Crippen LogP contribution in [0.3, 0.4) is 0 Å². The van der Waals surface area contributed by atoms with Crippen molar-refractivity contribution in [3.63, 3.8) is 0 Å². The lowest BCUT2D eigenvalue weighted by Gasteiger charge is -2.08. The first kappa shape index (κ1) is 7.69. The summed E-state index contributed by atoms with van der Waals surface area (Å²) < 4.78 is 0.525. The van der Waals surface area contributed by atoms with Gasteiger partial charge >= 0.3 is 0 Å². The molecule has 0 atom stereocenters. The van der Waals surface area contributed by atoms with Crippen molar-refractivity contribution in [2.75, 3.05) is 10.7 Å². The van der Waals surface area contributed by atoms with Gasteiger partial charge in [-0.1, -0.05) is 24.0 Å². The molecule has 1 aliphatic rings. The number of thioether (sulfide) groups is 1. The molecule has 0 aromatic carbocycles. The van der Waals surface area contributed by atoms with Crippen LogP contribution in [0.4, 0.5) is 5.95 Å². The van der Waals surface area contributed by atoms with Crippen molar-refractivity contribution >= 4 is 40.2 Å². The summed E-state index contributed by atoms with van der Waals surface area (Å²) in [7, 11) is 0. The number of hydrogen-bond donors (Lipinski definition) is 1. The maximum absolute atomic E-state index is 11.2. The lowest BCUT2D eigenvalue weighted by molar-refractivity contribution is -0.115. The highest BCUT2D eigenvalue weighted by Gasteiger charge is 2.29. The molecule has 1 aliphatic heterocycles. The fraction of sp³-hybridized carbons (Fsp3) is 0.200. The van der Waals surface area contributed by atoms with Crippen molar-refractivity contribution in [3.8, 4) is 0 Å². The van der Waals surface area contributed by atoms with E-state index in [1.807, 2.05) is 0 Å². The molecule has 0 bridgehead atoms. The molecule has 0 unspecified atom stereocenters. The average Bonchev–Trinajstić information content (AvgIpc) is 2.61. The van der Waals surface area contributed by atoms with E-state index in [1.165, 1.54) is 23.0 Å². The van der Waals surface area contributed by atoms with Gasteiger partial charge < -0.3 is 0 Å². The van der Waals surface area contributed by atoms with E-state index in [0.717, 1.165) is 0 Å². The first-order chi connectivity index (χ1) is 5.79. The lowest BCUT2D eigenvalue weighted by Crippen LogP contribution is -2.28. The van der Waals surface area contributed by atoms with E-state index in [4.69, 9.17) is 12.2 Å². The zero-order chi connectivity index (χ0) is 8.55. The second kappa shape index (κ2) is 2.83. The quantitative estimate of drug-likeness (QED) is 0.655. The molecule has 1 amide bonds. The van der Waals surface area contributed by atoms with E-state index in [-0.39, 0.29) is 5.91 Å². The molecule has 0 radical (unpaired) electrons. The van der Waals surface area contributed by atoms with Gasteiger partial charge in [0.2, 0.25) is 11.9 Å². The van der Waals surface area contributed by atoms with Crippen molar-refractivity contribution in [1.29, 1.82) is 0 Å². The van der Waals surface area contributed by atoms with Gasteiger partial charge in [-0.3, -0.25) is 4.79 Å². The van der Waals surface area contributed by atoms with Crippen molar-refractivity contribution in [2.24, 2.45) is 0 Å². The van der Waals surface area contributed by atoms with Gasteiger partial charge in [0.05, 0.1) is 5.75 Å². The Labute approximate surface area is 77.5 Å². The number of carbonyl (C=O) groups is 1. The maximum atomic E-state index is 11.2. The molecule has 2 heterocycles. The molecule has 7 heteroatoms. The first-order valence-electron chi connectivity index (χ1n) is 3.14. The summed E-state index contributed by atoms with van der Waals surface area (Å²) in [6.07, 6.45) is 1.34. The van der Waals surface area contributed by atoms with Crippen LogP contribution in [0, 0.1) is 0 Å². The molecule has 5 nitrogen and oxygen atoms in total. The molecular weight excluding hydrogens is 196 g/mol. The van der Waals surface area contributed by atoms with Crippen molar-refractivity contribution in [3.05, 3.63) is 6.33 Å². The van der Waals surface area contributed by atoms with E-state index < -0.39 is 0 Å². The van der Waals surface area contributed by atoms with Gasteiger partial charge in [0.25, 0.3) is 0 Å². The molecule has 0 aliphatic carbocycles. The van der Waals surface area contributed by atoms with Gasteiger partial charge in [-0.2, -0.15) is 10.1 Å². The summed E-state index contributed by atoms with van der Waals surface area (Å²) >= 11 is 6.28. The number of thiocarbonyl (C=S) groups is 1. The van der Waals surface area contributed by atoms with Crippen LogP contribution in [0.2, 0.25) is 0 Å². The minimum atomic E-state index is -0.0539. The molecule has 1 saturated heterocycles. The number of hydrogen-bond acceptors (Lipinski definition) is 5. The highest BCUT2D eigenvalue weighted by Crippen LogP contribution is 2.22. The highest BCUT2D eigenvalue weighted by molar-refractivity contribution is 8.24. The van der Waals surface area contributed by atoms with E-state index in [0.29, 0.717) is 16.0 Å². The number of nitrogens with zero attached hydrogens (tertiary/aromatic N) is 3. The third-order valence-corrected chi connectivity index (χ3v) is 2.72. The SMILES string of the molecule is O=C1CSC(=S)N1c1ncn[nH]1. The molecular formula is C5H4N4OS2. The molecule has 1 aromatic heterocycles. The Morgan fingerprint density at radius 1 is 1.75 bits per heavy atom. The number of aromatic nitrogens is 3. The van der Waals surface area contributed by atoms with E-state index >= 15 is 0 Å². The van der Waals surface area contributed by atoms with Crippen molar-refractivity contribution in [2.45, 2.75) is 0 Å². The minimum Gasteiger partial charge on any atom is -0.273 e. The molecule has 62 valence electrons. The van der Waals surface area contributed by atoms with Gasteiger partial charge in [0.15, 0.2) is 4.32 Å². The Balaban J connectivity index is 2.34. The fourth-order valence-corrected chi connectivity index (χ4v) is 1.92. The molecule has 0 saturated carbocycles. The molecule has 1 aromatic rings. The number of carbonyl (C=O) groups excluding carboxylic acids is 1. The molecule has 0 spiro atoms. The molecule has 2 rings (SSSR count). The minimum absolute atomic E-state index is 0.0539. The van der Waals surface area contributed by atoms with Crippen molar-refractivity contribution in [1.82, 2.24) is 15.2 Å². The van der Waals surface area contributed by atoms with E-state index in [2.05, 4.69) is 15.2 Å². The predicted octanol–water partition coefficient (Wildman–Crippen LogP) is 0.169. The van der Waals surface area contributed by atoms with Crippen LogP contribution in [-0.2, 0) is 4.79 Å². The number of amides is 1. The Kier molecular flexibility index (Phi) is 1.81. The van der Waals surface area contributed by atoms with Crippen LogP contribution >= 0.6 is 24.0 Å². The zero-order valence-corrected chi connectivity index (χ0v) is 7.48. The van der Waals surface area contributed by atoms with Crippen LogP contribution in [0.15, 0.2) is 6.33 Å². The standard InChI is InChI=1S/C5H4N4OS2/c10-3-1-12-5(11)9(3)4-6-2-7-8-4/h2H,1H2,(H,6,7,8). The predicted molar refractivity (Wildman–Crippen MR) is 48.9 cm³/mol. The fourth-order valence-electron chi connectivity index (χ4n) is 0.866. The maximum Gasteiger partial charge on any atom is 0.245 e.